The van der Waals surface area contributed by atoms with Gasteiger partial charge < -0.3 is 20.0 Å². The van der Waals surface area contributed by atoms with Crippen LogP contribution in [0.15, 0.2) is 68.8 Å². The van der Waals surface area contributed by atoms with Gasteiger partial charge in [0.1, 0.15) is 23.1 Å². The van der Waals surface area contributed by atoms with E-state index in [9.17, 15) is 4.79 Å². The van der Waals surface area contributed by atoms with Crippen molar-refractivity contribution in [1.29, 1.82) is 0 Å². The number of anilines is 1. The van der Waals surface area contributed by atoms with Crippen LogP contribution < -0.4 is 16.5 Å². The number of aliphatic imine (C=N–C) groups is 1. The van der Waals surface area contributed by atoms with E-state index in [0.29, 0.717) is 34.9 Å². The van der Waals surface area contributed by atoms with Crippen LogP contribution in [0.1, 0.15) is 24.2 Å². The monoisotopic (exact) mass is 358 g/mol. The molecule has 1 aliphatic rings. The number of amidine groups is 1. The quantitative estimate of drug-likeness (QED) is 0.573. The Morgan fingerprint density at radius 2 is 1.89 bits per heavy atom. The summed E-state index contributed by atoms with van der Waals surface area (Å²) >= 11 is 0. The van der Waals surface area contributed by atoms with Gasteiger partial charge in [-0.1, -0.05) is 42.5 Å². The molecule has 1 atom stereocenters. The molecule has 0 bridgehead atoms. The van der Waals surface area contributed by atoms with E-state index in [-0.39, 0.29) is 5.43 Å². The first-order chi connectivity index (χ1) is 13.1. The summed E-state index contributed by atoms with van der Waals surface area (Å²) < 4.78 is 8.15. The fourth-order valence-electron chi connectivity index (χ4n) is 3.75. The second-order valence-electron chi connectivity index (χ2n) is 6.72. The number of fused-ring (bicyclic) bond motifs is 4. The molecule has 27 heavy (non-hydrogen) atoms. The molecule has 1 aliphatic heterocycles. The van der Waals surface area contributed by atoms with Gasteiger partial charge >= 0.3 is 0 Å². The molecule has 0 aliphatic carbocycles. The Balaban J connectivity index is 1.86. The van der Waals surface area contributed by atoms with E-state index in [1.54, 1.807) is 6.92 Å². The van der Waals surface area contributed by atoms with Gasteiger partial charge in [-0.25, -0.2) is 4.99 Å². The summed E-state index contributed by atoms with van der Waals surface area (Å²) in [5, 5.41) is 3.94. The van der Waals surface area contributed by atoms with Crippen LogP contribution in [0.2, 0.25) is 0 Å². The van der Waals surface area contributed by atoms with Crippen molar-refractivity contribution in [2.45, 2.75) is 19.6 Å². The Kier molecular flexibility index (Phi) is 3.42. The summed E-state index contributed by atoms with van der Waals surface area (Å²) in [4.78, 5) is 17.7. The zero-order valence-corrected chi connectivity index (χ0v) is 14.8. The zero-order chi connectivity index (χ0) is 18.5. The van der Waals surface area contributed by atoms with Crippen LogP contribution >= 0.6 is 0 Å². The first kappa shape index (κ1) is 15.8. The van der Waals surface area contributed by atoms with Gasteiger partial charge in [-0.05, 0) is 24.6 Å². The van der Waals surface area contributed by atoms with Crippen molar-refractivity contribution in [3.8, 4) is 0 Å². The van der Waals surface area contributed by atoms with Crippen molar-refractivity contribution in [3.63, 3.8) is 0 Å². The van der Waals surface area contributed by atoms with Crippen LogP contribution in [0, 0.1) is 0 Å². The van der Waals surface area contributed by atoms with Gasteiger partial charge in [-0.2, -0.15) is 0 Å². The molecular weight excluding hydrogens is 340 g/mol. The molecular formula is C21H18N4O2. The van der Waals surface area contributed by atoms with Crippen LogP contribution in [-0.2, 0) is 6.54 Å². The van der Waals surface area contributed by atoms with Gasteiger partial charge in [0, 0.05) is 11.9 Å². The van der Waals surface area contributed by atoms with Gasteiger partial charge in [0.15, 0.2) is 5.58 Å². The number of hydrogen-bond acceptors (Lipinski definition) is 5. The minimum absolute atomic E-state index is 0.144. The van der Waals surface area contributed by atoms with E-state index in [4.69, 9.17) is 10.2 Å². The highest BCUT2D eigenvalue weighted by Gasteiger charge is 2.27. The average molecular weight is 358 g/mol. The van der Waals surface area contributed by atoms with Crippen molar-refractivity contribution in [2.75, 3.05) is 5.32 Å². The fraction of sp³-hybridized carbons (Fsp3) is 0.143. The summed E-state index contributed by atoms with van der Waals surface area (Å²) in [5.74, 6) is 1.01. The molecule has 0 fully saturated rings. The van der Waals surface area contributed by atoms with E-state index in [1.807, 2.05) is 59.2 Å². The minimum atomic E-state index is -0.731. The maximum absolute atomic E-state index is 13.4. The summed E-state index contributed by atoms with van der Waals surface area (Å²) in [6.07, 6.45) is -0.731. The van der Waals surface area contributed by atoms with E-state index < -0.39 is 6.17 Å². The van der Waals surface area contributed by atoms with E-state index in [2.05, 4.69) is 10.3 Å². The zero-order valence-electron chi connectivity index (χ0n) is 14.8. The van der Waals surface area contributed by atoms with Crippen molar-refractivity contribution < 1.29 is 4.42 Å². The molecule has 1 unspecified atom stereocenters. The largest absolute Gasteiger partial charge is 0.437 e. The van der Waals surface area contributed by atoms with Gasteiger partial charge in [0.2, 0.25) is 11.3 Å². The molecule has 6 heteroatoms. The van der Waals surface area contributed by atoms with Gasteiger partial charge in [0.05, 0.1) is 5.52 Å². The van der Waals surface area contributed by atoms with Crippen molar-refractivity contribution >= 4 is 33.7 Å². The summed E-state index contributed by atoms with van der Waals surface area (Å²) in [6, 6.07) is 17.9. The summed E-state index contributed by atoms with van der Waals surface area (Å²) in [7, 11) is 0. The first-order valence-electron chi connectivity index (χ1n) is 8.82. The van der Waals surface area contributed by atoms with Crippen molar-refractivity contribution in [2.24, 2.45) is 10.7 Å². The average Bonchev–Trinajstić information content (AvgIpc) is 2.96. The minimum Gasteiger partial charge on any atom is -0.437 e. The summed E-state index contributed by atoms with van der Waals surface area (Å²) in [5.41, 5.74) is 9.49. The molecule has 3 N–H and O–H groups in total. The third-order valence-electron chi connectivity index (χ3n) is 4.94. The van der Waals surface area contributed by atoms with Gasteiger partial charge in [0.25, 0.3) is 0 Å². The molecule has 0 radical (unpaired) electrons. The number of aromatic nitrogens is 1. The number of nitrogens with one attached hydrogen (secondary N) is 1. The maximum atomic E-state index is 13.4. The second-order valence-corrected chi connectivity index (χ2v) is 6.72. The molecule has 2 aromatic heterocycles. The third-order valence-corrected chi connectivity index (χ3v) is 4.94. The van der Waals surface area contributed by atoms with Crippen LogP contribution in [0.3, 0.4) is 0 Å². The predicted molar refractivity (Wildman–Crippen MR) is 107 cm³/mol. The van der Waals surface area contributed by atoms with E-state index in [0.717, 1.165) is 16.5 Å². The molecule has 6 nitrogen and oxygen atoms in total. The molecule has 0 saturated carbocycles. The lowest BCUT2D eigenvalue weighted by molar-refractivity contribution is 0.595. The number of benzene rings is 2. The lowest BCUT2D eigenvalue weighted by atomic mass is 10.1. The second kappa shape index (κ2) is 5.82. The molecule has 3 heterocycles. The third kappa shape index (κ3) is 2.38. The lowest BCUT2D eigenvalue weighted by Crippen LogP contribution is -2.28. The maximum Gasteiger partial charge on any atom is 0.218 e. The molecule has 2 aromatic carbocycles. The Hall–Kier alpha value is -3.38. The highest BCUT2D eigenvalue weighted by atomic mass is 16.3. The van der Waals surface area contributed by atoms with Crippen LogP contribution in [-0.4, -0.2) is 10.4 Å². The van der Waals surface area contributed by atoms with E-state index >= 15 is 0 Å². The first-order valence-corrected chi connectivity index (χ1v) is 8.82. The Bertz CT molecular complexity index is 1270. The highest BCUT2D eigenvalue weighted by molar-refractivity contribution is 6.06. The number of para-hydroxylation sites is 1. The van der Waals surface area contributed by atoms with Crippen molar-refractivity contribution in [1.82, 2.24) is 4.57 Å². The normalized spacial score (nSPS) is 16.2. The lowest BCUT2D eigenvalue weighted by Gasteiger charge is -2.19. The Labute approximate surface area is 154 Å². The number of nitrogens with two attached hydrogens (primary N) is 1. The topological polar surface area (TPSA) is 85.5 Å². The predicted octanol–water partition coefficient (Wildman–Crippen LogP) is 3.60. The molecule has 0 spiro atoms. The van der Waals surface area contributed by atoms with E-state index in [1.165, 1.54) is 0 Å². The number of hydrogen-bond donors (Lipinski definition) is 2. The molecule has 0 amide bonds. The molecule has 5 rings (SSSR count). The molecule has 4 aromatic rings. The van der Waals surface area contributed by atoms with Crippen LogP contribution in [0.25, 0.3) is 22.0 Å². The Morgan fingerprint density at radius 1 is 1.15 bits per heavy atom. The standard InChI is InChI=1S/C21H18N4O2/c1-12-23-20(22)16-18(26)17-19(27-21(16)24-12)14-9-5-6-10-15(14)25(17)11-13-7-3-2-4-8-13/h2-10,20H,11,22H2,1H3,(H,23,24). The van der Waals surface area contributed by atoms with Gasteiger partial charge in [-0.15, -0.1) is 0 Å². The number of nitrogens with zero attached hydrogens (tertiary/aromatic N) is 2. The summed E-state index contributed by atoms with van der Waals surface area (Å²) in [6.45, 7) is 2.37. The van der Waals surface area contributed by atoms with Gasteiger partial charge in [-0.3, -0.25) is 4.79 Å². The SMILES string of the molecule is CC1=NC(N)c2c(oc3c4ccccc4n(Cc4ccccc4)c3c2=O)N1. The van der Waals surface area contributed by atoms with Crippen molar-refractivity contribution in [3.05, 3.63) is 75.9 Å². The highest BCUT2D eigenvalue weighted by Crippen LogP contribution is 2.33. The fourth-order valence-corrected chi connectivity index (χ4v) is 3.75. The molecule has 0 saturated heterocycles. The van der Waals surface area contributed by atoms with Crippen LogP contribution in [0.5, 0.6) is 0 Å². The Morgan fingerprint density at radius 3 is 2.70 bits per heavy atom. The molecule has 134 valence electrons. The van der Waals surface area contributed by atoms with Crippen LogP contribution in [0.4, 0.5) is 5.88 Å². The smallest absolute Gasteiger partial charge is 0.218 e. The number of rotatable bonds is 2.